The highest BCUT2D eigenvalue weighted by Crippen LogP contribution is 2.30. The van der Waals surface area contributed by atoms with Gasteiger partial charge in [-0.1, -0.05) is 23.2 Å². The van der Waals surface area contributed by atoms with Gasteiger partial charge < -0.3 is 5.11 Å². The number of benzene rings is 1. The number of aromatic carboxylic acids is 1. The first-order chi connectivity index (χ1) is 7.52. The van der Waals surface area contributed by atoms with Gasteiger partial charge in [-0.25, -0.2) is 4.79 Å². The third-order valence-electron chi connectivity index (χ3n) is 2.39. The fourth-order valence-corrected chi connectivity index (χ4v) is 1.93. The maximum atomic E-state index is 10.9. The lowest BCUT2D eigenvalue weighted by Gasteiger charge is -2.06. The maximum Gasteiger partial charge on any atom is 0.338 e. The summed E-state index contributed by atoms with van der Waals surface area (Å²) in [6, 6.07) is 3.35. The van der Waals surface area contributed by atoms with Crippen LogP contribution in [0.15, 0.2) is 18.3 Å². The Morgan fingerprint density at radius 2 is 2.00 bits per heavy atom. The van der Waals surface area contributed by atoms with Crippen LogP contribution in [0, 0.1) is 6.92 Å². The van der Waals surface area contributed by atoms with E-state index < -0.39 is 5.97 Å². The molecular formula is C11H8Cl3NO2. The zero-order valence-electron chi connectivity index (χ0n) is 8.70. The van der Waals surface area contributed by atoms with Crippen molar-refractivity contribution in [1.29, 1.82) is 0 Å². The van der Waals surface area contributed by atoms with E-state index in [0.717, 1.165) is 5.56 Å². The van der Waals surface area contributed by atoms with Crippen LogP contribution in [0.25, 0.3) is 10.9 Å². The second kappa shape index (κ2) is 5.08. The smallest absolute Gasteiger partial charge is 0.338 e. The molecule has 2 aromatic rings. The molecule has 0 amide bonds. The summed E-state index contributed by atoms with van der Waals surface area (Å²) in [5.74, 6) is -1.09. The standard InChI is InChI=1S/C11H7Cl2NO2.ClH/c1-5-8(12)3-2-6-9(13)7(11(15)16)4-14-10(5)6;/h2-4H,1H3,(H,15,16);1H. The number of aryl methyl sites for hydroxylation is 1. The summed E-state index contributed by atoms with van der Waals surface area (Å²) in [5.41, 5.74) is 1.41. The molecule has 0 saturated heterocycles. The van der Waals surface area contributed by atoms with Gasteiger partial charge in [0.2, 0.25) is 0 Å². The van der Waals surface area contributed by atoms with Gasteiger partial charge in [-0.05, 0) is 24.6 Å². The second-order valence-corrected chi connectivity index (χ2v) is 4.14. The number of halogens is 3. The Kier molecular flexibility index (Phi) is 4.20. The molecule has 1 N–H and O–H groups in total. The highest BCUT2D eigenvalue weighted by atomic mass is 35.5. The molecule has 0 aliphatic carbocycles. The van der Waals surface area contributed by atoms with Crippen molar-refractivity contribution in [3.05, 3.63) is 39.5 Å². The minimum Gasteiger partial charge on any atom is -0.478 e. The van der Waals surface area contributed by atoms with Gasteiger partial charge in [0, 0.05) is 16.6 Å². The van der Waals surface area contributed by atoms with Gasteiger partial charge >= 0.3 is 5.97 Å². The van der Waals surface area contributed by atoms with Crippen molar-refractivity contribution in [2.24, 2.45) is 0 Å². The summed E-state index contributed by atoms with van der Waals surface area (Å²) in [6.07, 6.45) is 1.25. The molecule has 6 heteroatoms. The van der Waals surface area contributed by atoms with E-state index in [1.807, 2.05) is 6.92 Å². The molecule has 0 aliphatic heterocycles. The molecule has 0 radical (unpaired) electrons. The third-order valence-corrected chi connectivity index (χ3v) is 3.21. The Morgan fingerprint density at radius 1 is 1.35 bits per heavy atom. The monoisotopic (exact) mass is 291 g/mol. The molecule has 0 fully saturated rings. The summed E-state index contributed by atoms with van der Waals surface area (Å²) >= 11 is 11.9. The first-order valence-electron chi connectivity index (χ1n) is 4.49. The number of hydrogen-bond donors (Lipinski definition) is 1. The first-order valence-corrected chi connectivity index (χ1v) is 5.24. The summed E-state index contributed by atoms with van der Waals surface area (Å²) in [7, 11) is 0. The zero-order valence-corrected chi connectivity index (χ0v) is 11.0. The number of fused-ring (bicyclic) bond motifs is 1. The van der Waals surface area contributed by atoms with Gasteiger partial charge in [-0.2, -0.15) is 0 Å². The van der Waals surface area contributed by atoms with Crippen LogP contribution in [0.2, 0.25) is 10.0 Å². The van der Waals surface area contributed by atoms with E-state index in [-0.39, 0.29) is 23.0 Å². The number of carboxylic acids is 1. The number of carbonyl (C=O) groups is 1. The van der Waals surface area contributed by atoms with Crippen LogP contribution in [0.5, 0.6) is 0 Å². The number of aromatic nitrogens is 1. The van der Waals surface area contributed by atoms with Crippen molar-refractivity contribution in [3.8, 4) is 0 Å². The topological polar surface area (TPSA) is 50.2 Å². The van der Waals surface area contributed by atoms with E-state index in [4.69, 9.17) is 28.3 Å². The molecule has 0 unspecified atom stereocenters. The predicted molar refractivity (Wildman–Crippen MR) is 70.7 cm³/mol. The van der Waals surface area contributed by atoms with Crippen LogP contribution in [-0.2, 0) is 0 Å². The molecule has 0 saturated carbocycles. The van der Waals surface area contributed by atoms with E-state index in [2.05, 4.69) is 4.98 Å². The van der Waals surface area contributed by atoms with Crippen LogP contribution < -0.4 is 0 Å². The summed E-state index contributed by atoms with van der Waals surface area (Å²) in [5, 5.41) is 10.3. The Hall–Kier alpha value is -1.03. The number of rotatable bonds is 1. The highest BCUT2D eigenvalue weighted by molar-refractivity contribution is 6.39. The van der Waals surface area contributed by atoms with Crippen molar-refractivity contribution >= 4 is 52.5 Å². The number of pyridine rings is 1. The molecule has 1 heterocycles. The van der Waals surface area contributed by atoms with Crippen LogP contribution >= 0.6 is 35.6 Å². The zero-order chi connectivity index (χ0) is 11.9. The molecular weight excluding hydrogens is 284 g/mol. The van der Waals surface area contributed by atoms with Gasteiger partial charge in [0.1, 0.15) is 0 Å². The number of hydrogen-bond acceptors (Lipinski definition) is 2. The average molecular weight is 293 g/mol. The maximum absolute atomic E-state index is 10.9. The third kappa shape index (κ3) is 2.32. The lowest BCUT2D eigenvalue weighted by atomic mass is 10.1. The van der Waals surface area contributed by atoms with Crippen LogP contribution in [0.3, 0.4) is 0 Å². The lowest BCUT2D eigenvalue weighted by Crippen LogP contribution is -1.99. The molecule has 2 rings (SSSR count). The van der Waals surface area contributed by atoms with Crippen LogP contribution in [-0.4, -0.2) is 16.1 Å². The molecule has 0 atom stereocenters. The Bertz CT molecular complexity index is 599. The Balaban J connectivity index is 0.00000144. The van der Waals surface area contributed by atoms with Gasteiger partial charge in [-0.15, -0.1) is 12.4 Å². The molecule has 1 aromatic carbocycles. The number of carboxylic acid groups (broad SMARTS) is 1. The van der Waals surface area contributed by atoms with Gasteiger partial charge in [0.15, 0.2) is 0 Å². The van der Waals surface area contributed by atoms with Gasteiger partial charge in [-0.3, -0.25) is 4.98 Å². The quantitative estimate of drug-likeness (QED) is 0.865. The second-order valence-electron chi connectivity index (χ2n) is 3.36. The van der Waals surface area contributed by atoms with E-state index in [9.17, 15) is 4.79 Å². The molecule has 1 aromatic heterocycles. The van der Waals surface area contributed by atoms with Crippen molar-refractivity contribution in [3.63, 3.8) is 0 Å². The van der Waals surface area contributed by atoms with Crippen LogP contribution in [0.1, 0.15) is 15.9 Å². The lowest BCUT2D eigenvalue weighted by molar-refractivity contribution is 0.0697. The molecule has 90 valence electrons. The molecule has 3 nitrogen and oxygen atoms in total. The number of nitrogens with zero attached hydrogens (tertiary/aromatic N) is 1. The van der Waals surface area contributed by atoms with Crippen molar-refractivity contribution in [1.82, 2.24) is 4.98 Å². The SMILES string of the molecule is Cc1c(Cl)ccc2c(Cl)c(C(=O)O)cnc12.Cl. The van der Waals surface area contributed by atoms with Crippen LogP contribution in [0.4, 0.5) is 0 Å². The molecule has 0 aliphatic rings. The van der Waals surface area contributed by atoms with Crippen molar-refractivity contribution in [2.75, 3.05) is 0 Å². The minimum atomic E-state index is -1.09. The minimum absolute atomic E-state index is 0. The normalized spacial score (nSPS) is 10.1. The molecule has 17 heavy (non-hydrogen) atoms. The van der Waals surface area contributed by atoms with Crippen molar-refractivity contribution < 1.29 is 9.90 Å². The fraction of sp³-hybridized carbons (Fsp3) is 0.0909. The van der Waals surface area contributed by atoms with Gasteiger partial charge in [0.05, 0.1) is 16.1 Å². The summed E-state index contributed by atoms with van der Waals surface area (Å²) < 4.78 is 0. The molecule has 0 spiro atoms. The largest absolute Gasteiger partial charge is 0.478 e. The predicted octanol–water partition coefficient (Wildman–Crippen LogP) is 3.97. The fourth-order valence-electron chi connectivity index (χ4n) is 1.50. The summed E-state index contributed by atoms with van der Waals surface area (Å²) in [4.78, 5) is 14.9. The highest BCUT2D eigenvalue weighted by Gasteiger charge is 2.14. The first kappa shape index (κ1) is 14.0. The Labute approximate surface area is 114 Å². The van der Waals surface area contributed by atoms with E-state index in [1.54, 1.807) is 12.1 Å². The Morgan fingerprint density at radius 3 is 2.59 bits per heavy atom. The van der Waals surface area contributed by atoms with E-state index in [0.29, 0.717) is 15.9 Å². The van der Waals surface area contributed by atoms with E-state index in [1.165, 1.54) is 6.20 Å². The van der Waals surface area contributed by atoms with Gasteiger partial charge in [0.25, 0.3) is 0 Å². The molecule has 0 bridgehead atoms. The van der Waals surface area contributed by atoms with Crippen molar-refractivity contribution in [2.45, 2.75) is 6.92 Å². The summed E-state index contributed by atoms with van der Waals surface area (Å²) in [6.45, 7) is 1.81. The van der Waals surface area contributed by atoms with E-state index >= 15 is 0 Å². The average Bonchev–Trinajstić information content (AvgIpc) is 2.23.